The van der Waals surface area contributed by atoms with Crippen LogP contribution in [0, 0.1) is 0 Å². The quantitative estimate of drug-likeness (QED) is 0.821. The van der Waals surface area contributed by atoms with Crippen LogP contribution in [0.2, 0.25) is 0 Å². The molecular formula is C15H20N2O5. The highest BCUT2D eigenvalue weighted by molar-refractivity contribution is 5.77. The van der Waals surface area contributed by atoms with Crippen molar-refractivity contribution in [2.45, 2.75) is 19.4 Å². The molecule has 22 heavy (non-hydrogen) atoms. The summed E-state index contributed by atoms with van der Waals surface area (Å²) in [6.45, 7) is 3.00. The van der Waals surface area contributed by atoms with Crippen LogP contribution in [0.25, 0.3) is 0 Å². The van der Waals surface area contributed by atoms with Crippen molar-refractivity contribution in [3.63, 3.8) is 0 Å². The van der Waals surface area contributed by atoms with Gasteiger partial charge in [0.05, 0.1) is 13.2 Å². The molecule has 7 heteroatoms. The first kappa shape index (κ1) is 15.9. The van der Waals surface area contributed by atoms with E-state index in [0.717, 1.165) is 0 Å². The summed E-state index contributed by atoms with van der Waals surface area (Å²) in [4.78, 5) is 22.7. The molecule has 0 aromatic heterocycles. The second kappa shape index (κ2) is 8.11. The molecule has 2 rings (SSSR count). The lowest BCUT2D eigenvalue weighted by molar-refractivity contribution is -0.121. The number of benzene rings is 1. The summed E-state index contributed by atoms with van der Waals surface area (Å²) in [6.07, 6.45) is -0.559. The van der Waals surface area contributed by atoms with Crippen molar-refractivity contribution in [1.29, 1.82) is 0 Å². The zero-order chi connectivity index (χ0) is 15.8. The molecule has 0 saturated carbocycles. The normalized spacial score (nSPS) is 15.8. The molecule has 1 unspecified atom stereocenters. The molecule has 2 N–H and O–H groups in total. The highest BCUT2D eigenvalue weighted by Crippen LogP contribution is 2.30. The zero-order valence-corrected chi connectivity index (χ0v) is 12.5. The maximum atomic E-state index is 11.7. The van der Waals surface area contributed by atoms with Gasteiger partial charge >= 0.3 is 6.09 Å². The van der Waals surface area contributed by atoms with E-state index < -0.39 is 6.09 Å². The van der Waals surface area contributed by atoms with Crippen LogP contribution in [0.4, 0.5) is 4.79 Å². The summed E-state index contributed by atoms with van der Waals surface area (Å²) in [5.74, 6) is 1.22. The fourth-order valence-corrected chi connectivity index (χ4v) is 1.94. The molecule has 0 radical (unpaired) electrons. The third-order valence-corrected chi connectivity index (χ3v) is 2.99. The van der Waals surface area contributed by atoms with Crippen LogP contribution in [0.1, 0.15) is 13.3 Å². The van der Waals surface area contributed by atoms with Crippen molar-refractivity contribution in [2.24, 2.45) is 0 Å². The van der Waals surface area contributed by atoms with Gasteiger partial charge in [0.1, 0.15) is 12.7 Å². The average molecular weight is 308 g/mol. The Morgan fingerprint density at radius 1 is 1.27 bits per heavy atom. The molecule has 2 amide bonds. The smallest absolute Gasteiger partial charge is 0.407 e. The fraction of sp³-hybridized carbons (Fsp3) is 0.467. The van der Waals surface area contributed by atoms with Gasteiger partial charge in [-0.15, -0.1) is 0 Å². The van der Waals surface area contributed by atoms with E-state index in [0.29, 0.717) is 31.3 Å². The lowest BCUT2D eigenvalue weighted by atomic mass is 10.2. The fourth-order valence-electron chi connectivity index (χ4n) is 1.94. The van der Waals surface area contributed by atoms with E-state index in [1.165, 1.54) is 0 Å². The Morgan fingerprint density at radius 3 is 2.82 bits per heavy atom. The van der Waals surface area contributed by atoms with Gasteiger partial charge in [0.2, 0.25) is 5.91 Å². The van der Waals surface area contributed by atoms with Gasteiger partial charge in [-0.1, -0.05) is 12.1 Å². The van der Waals surface area contributed by atoms with Gasteiger partial charge in [-0.2, -0.15) is 0 Å². The molecule has 1 aromatic rings. The van der Waals surface area contributed by atoms with E-state index in [9.17, 15) is 9.59 Å². The highest BCUT2D eigenvalue weighted by Gasteiger charge is 2.20. The van der Waals surface area contributed by atoms with Crippen molar-refractivity contribution in [3.8, 4) is 11.5 Å². The standard InChI is InChI=1S/C15H20N2O5/c1-2-20-15(19)16-8-7-14(18)17-9-11-10-21-12-5-3-4-6-13(12)22-11/h3-6,11H,2,7-10H2,1H3,(H,16,19)(H,17,18). The van der Waals surface area contributed by atoms with Crippen LogP contribution in [-0.4, -0.2) is 44.4 Å². The number of hydrogen-bond donors (Lipinski definition) is 2. The lowest BCUT2D eigenvalue weighted by Gasteiger charge is -2.26. The van der Waals surface area contributed by atoms with Gasteiger partial charge in [0.15, 0.2) is 11.5 Å². The highest BCUT2D eigenvalue weighted by atomic mass is 16.6. The third-order valence-electron chi connectivity index (χ3n) is 2.99. The first-order valence-electron chi connectivity index (χ1n) is 7.25. The third kappa shape index (κ3) is 4.83. The number of amides is 2. The van der Waals surface area contributed by atoms with E-state index in [4.69, 9.17) is 14.2 Å². The minimum atomic E-state index is -0.518. The monoisotopic (exact) mass is 308 g/mol. The second-order valence-corrected chi connectivity index (χ2v) is 4.70. The molecule has 1 heterocycles. The average Bonchev–Trinajstić information content (AvgIpc) is 2.53. The molecule has 1 aromatic carbocycles. The number of nitrogens with one attached hydrogen (secondary N) is 2. The maximum Gasteiger partial charge on any atom is 0.407 e. The number of rotatable bonds is 6. The Morgan fingerprint density at radius 2 is 2.05 bits per heavy atom. The van der Waals surface area contributed by atoms with Gasteiger partial charge in [-0.25, -0.2) is 4.79 Å². The number of alkyl carbamates (subject to hydrolysis) is 1. The van der Waals surface area contributed by atoms with E-state index in [2.05, 4.69) is 10.6 Å². The molecular weight excluding hydrogens is 288 g/mol. The summed E-state index contributed by atoms with van der Waals surface area (Å²) in [5, 5.41) is 5.24. The number of hydrogen-bond acceptors (Lipinski definition) is 5. The Bertz CT molecular complexity index is 520. The molecule has 0 aliphatic carbocycles. The summed E-state index contributed by atoms with van der Waals surface area (Å²) < 4.78 is 16.0. The Labute approximate surface area is 128 Å². The number of carbonyl (C=O) groups excluding carboxylic acids is 2. The van der Waals surface area contributed by atoms with Gasteiger partial charge in [0, 0.05) is 13.0 Å². The zero-order valence-electron chi connectivity index (χ0n) is 12.5. The largest absolute Gasteiger partial charge is 0.486 e. The molecule has 120 valence electrons. The molecule has 0 bridgehead atoms. The molecule has 1 atom stereocenters. The van der Waals surface area contributed by atoms with Gasteiger partial charge in [-0.3, -0.25) is 4.79 Å². The van der Waals surface area contributed by atoms with Crippen molar-refractivity contribution in [3.05, 3.63) is 24.3 Å². The van der Waals surface area contributed by atoms with E-state index in [-0.39, 0.29) is 25.0 Å². The van der Waals surface area contributed by atoms with Gasteiger partial charge < -0.3 is 24.8 Å². The number of ether oxygens (including phenoxy) is 3. The Hall–Kier alpha value is -2.44. The first-order chi connectivity index (χ1) is 10.7. The topological polar surface area (TPSA) is 85.9 Å². The molecule has 0 saturated heterocycles. The van der Waals surface area contributed by atoms with Gasteiger partial charge in [0.25, 0.3) is 0 Å². The minimum Gasteiger partial charge on any atom is -0.486 e. The summed E-state index contributed by atoms with van der Waals surface area (Å²) >= 11 is 0. The van der Waals surface area contributed by atoms with E-state index in [1.807, 2.05) is 24.3 Å². The van der Waals surface area contributed by atoms with Crippen LogP contribution < -0.4 is 20.1 Å². The van der Waals surface area contributed by atoms with Crippen molar-refractivity contribution in [1.82, 2.24) is 10.6 Å². The second-order valence-electron chi connectivity index (χ2n) is 4.70. The summed E-state index contributed by atoms with van der Waals surface area (Å²) in [7, 11) is 0. The summed E-state index contributed by atoms with van der Waals surface area (Å²) in [5.41, 5.74) is 0. The van der Waals surface area contributed by atoms with Crippen LogP contribution in [0.5, 0.6) is 11.5 Å². The van der Waals surface area contributed by atoms with Gasteiger partial charge in [-0.05, 0) is 19.1 Å². The lowest BCUT2D eigenvalue weighted by Crippen LogP contribution is -2.41. The molecule has 0 fully saturated rings. The predicted molar refractivity (Wildman–Crippen MR) is 79.0 cm³/mol. The molecule has 1 aliphatic rings. The van der Waals surface area contributed by atoms with Crippen LogP contribution in [0.3, 0.4) is 0 Å². The predicted octanol–water partition coefficient (Wildman–Crippen LogP) is 1.08. The number of carbonyl (C=O) groups is 2. The van der Waals surface area contributed by atoms with Crippen molar-refractivity contribution >= 4 is 12.0 Å². The van der Waals surface area contributed by atoms with Crippen molar-refractivity contribution < 1.29 is 23.8 Å². The maximum absolute atomic E-state index is 11.7. The number of fused-ring (bicyclic) bond motifs is 1. The van der Waals surface area contributed by atoms with E-state index >= 15 is 0 Å². The van der Waals surface area contributed by atoms with Crippen LogP contribution in [0.15, 0.2) is 24.3 Å². The first-order valence-corrected chi connectivity index (χ1v) is 7.25. The number of para-hydroxylation sites is 2. The Kier molecular flexibility index (Phi) is 5.88. The van der Waals surface area contributed by atoms with Crippen LogP contribution >= 0.6 is 0 Å². The van der Waals surface area contributed by atoms with Crippen molar-refractivity contribution in [2.75, 3.05) is 26.3 Å². The minimum absolute atomic E-state index is 0.167. The summed E-state index contributed by atoms with van der Waals surface area (Å²) in [6, 6.07) is 7.41. The molecule has 1 aliphatic heterocycles. The van der Waals surface area contributed by atoms with E-state index in [1.54, 1.807) is 6.92 Å². The molecule has 7 nitrogen and oxygen atoms in total. The Balaban J connectivity index is 1.64. The SMILES string of the molecule is CCOC(=O)NCCC(=O)NCC1COc2ccccc2O1. The molecule has 0 spiro atoms. The van der Waals surface area contributed by atoms with Crippen LogP contribution in [-0.2, 0) is 9.53 Å².